The van der Waals surface area contributed by atoms with E-state index in [1.54, 1.807) is 34.7 Å². The average Bonchev–Trinajstić information content (AvgIpc) is 3.40. The van der Waals surface area contributed by atoms with Crippen LogP contribution >= 0.6 is 11.3 Å². The smallest absolute Gasteiger partial charge is 0.247 e. The highest BCUT2D eigenvalue weighted by Gasteiger charge is 2.15. The third-order valence-corrected chi connectivity index (χ3v) is 4.84. The lowest BCUT2D eigenvalue weighted by molar-refractivity contribution is -0.127. The average molecular weight is 367 g/mol. The van der Waals surface area contributed by atoms with Gasteiger partial charge in [0.1, 0.15) is 5.76 Å². The molecule has 0 N–H and O–H groups in total. The molecule has 3 heterocycles. The van der Waals surface area contributed by atoms with Crippen molar-refractivity contribution in [1.82, 2.24) is 4.90 Å². The lowest BCUT2D eigenvalue weighted by Crippen LogP contribution is -2.27. The molecule has 132 valence electrons. The number of furan rings is 1. The van der Waals surface area contributed by atoms with Gasteiger partial charge in [-0.1, -0.05) is 12.1 Å². The van der Waals surface area contributed by atoms with Crippen molar-refractivity contribution < 1.29 is 18.7 Å². The Kier molecular flexibility index (Phi) is 4.75. The molecule has 0 bridgehead atoms. The number of amides is 1. The predicted octanol–water partition coefficient (Wildman–Crippen LogP) is 4.31. The van der Waals surface area contributed by atoms with Crippen LogP contribution in [0.25, 0.3) is 6.08 Å². The first-order valence-corrected chi connectivity index (χ1v) is 9.07. The molecule has 0 spiro atoms. The number of carbonyl (C=O) groups is 1. The largest absolute Gasteiger partial charge is 0.467 e. The molecule has 3 aromatic rings. The molecule has 0 unspecified atom stereocenters. The molecule has 6 heteroatoms. The van der Waals surface area contributed by atoms with E-state index in [1.807, 2.05) is 47.8 Å². The van der Waals surface area contributed by atoms with Crippen LogP contribution in [0.5, 0.6) is 11.5 Å². The van der Waals surface area contributed by atoms with Gasteiger partial charge in [0.25, 0.3) is 0 Å². The van der Waals surface area contributed by atoms with Crippen LogP contribution in [0.3, 0.4) is 0 Å². The van der Waals surface area contributed by atoms with E-state index in [2.05, 4.69) is 0 Å². The van der Waals surface area contributed by atoms with Gasteiger partial charge < -0.3 is 18.8 Å². The summed E-state index contributed by atoms with van der Waals surface area (Å²) in [6.07, 6.45) is 4.98. The summed E-state index contributed by atoms with van der Waals surface area (Å²) in [5.41, 5.74) is 0.886. The van der Waals surface area contributed by atoms with Crippen LogP contribution in [0.1, 0.15) is 16.2 Å². The SMILES string of the molecule is O=C(/C=C/c1ccc2c(c1)OCO2)N(Cc1ccco1)Cc1cccs1. The van der Waals surface area contributed by atoms with Gasteiger partial charge in [0.15, 0.2) is 11.5 Å². The highest BCUT2D eigenvalue weighted by Crippen LogP contribution is 2.32. The van der Waals surface area contributed by atoms with E-state index in [1.165, 1.54) is 0 Å². The van der Waals surface area contributed by atoms with Crippen molar-refractivity contribution in [3.63, 3.8) is 0 Å². The van der Waals surface area contributed by atoms with Crippen molar-refractivity contribution in [2.45, 2.75) is 13.1 Å². The number of ether oxygens (including phenoxy) is 2. The van der Waals surface area contributed by atoms with Crippen molar-refractivity contribution >= 4 is 23.3 Å². The minimum atomic E-state index is -0.0764. The molecule has 5 nitrogen and oxygen atoms in total. The van der Waals surface area contributed by atoms with Gasteiger partial charge in [-0.3, -0.25) is 4.79 Å². The van der Waals surface area contributed by atoms with Crippen molar-refractivity contribution in [1.29, 1.82) is 0 Å². The fourth-order valence-electron chi connectivity index (χ4n) is 2.68. The second kappa shape index (κ2) is 7.49. The van der Waals surface area contributed by atoms with Crippen LogP contribution < -0.4 is 9.47 Å². The third-order valence-electron chi connectivity index (χ3n) is 3.98. The van der Waals surface area contributed by atoms with Gasteiger partial charge in [0.2, 0.25) is 12.7 Å². The number of hydrogen-bond acceptors (Lipinski definition) is 5. The molecule has 0 radical (unpaired) electrons. The summed E-state index contributed by atoms with van der Waals surface area (Å²) >= 11 is 1.63. The van der Waals surface area contributed by atoms with Crippen LogP contribution in [0.2, 0.25) is 0 Å². The van der Waals surface area contributed by atoms with E-state index >= 15 is 0 Å². The van der Waals surface area contributed by atoms with Gasteiger partial charge in [-0.2, -0.15) is 0 Å². The molecule has 0 saturated heterocycles. The van der Waals surface area contributed by atoms with Crippen LogP contribution in [0.4, 0.5) is 0 Å². The molecule has 0 aliphatic carbocycles. The van der Waals surface area contributed by atoms with E-state index in [0.717, 1.165) is 22.0 Å². The quantitative estimate of drug-likeness (QED) is 0.609. The Bertz CT molecular complexity index is 864. The Hall–Kier alpha value is -2.99. The summed E-state index contributed by atoms with van der Waals surface area (Å²) in [6.45, 7) is 1.21. The normalized spacial score (nSPS) is 12.6. The fraction of sp³-hybridized carbons (Fsp3) is 0.150. The van der Waals surface area contributed by atoms with Gasteiger partial charge in [-0.15, -0.1) is 11.3 Å². The van der Waals surface area contributed by atoms with Crippen molar-refractivity contribution in [3.8, 4) is 11.5 Å². The van der Waals surface area contributed by atoms with Crippen molar-refractivity contribution in [2.24, 2.45) is 0 Å². The Morgan fingerprint density at radius 1 is 1.12 bits per heavy atom. The molecule has 1 aliphatic heterocycles. The second-order valence-corrected chi connectivity index (χ2v) is 6.83. The van der Waals surface area contributed by atoms with E-state index in [4.69, 9.17) is 13.9 Å². The summed E-state index contributed by atoms with van der Waals surface area (Å²) < 4.78 is 16.1. The molecule has 1 amide bonds. The zero-order chi connectivity index (χ0) is 17.8. The van der Waals surface area contributed by atoms with E-state index in [9.17, 15) is 4.79 Å². The number of hydrogen-bond donors (Lipinski definition) is 0. The summed E-state index contributed by atoms with van der Waals surface area (Å²) in [4.78, 5) is 15.6. The third kappa shape index (κ3) is 3.81. The number of fused-ring (bicyclic) bond motifs is 1. The number of thiophene rings is 1. The van der Waals surface area contributed by atoms with Gasteiger partial charge in [-0.25, -0.2) is 0 Å². The van der Waals surface area contributed by atoms with Gasteiger partial charge >= 0.3 is 0 Å². The molecule has 0 saturated carbocycles. The maximum atomic E-state index is 12.7. The first-order chi connectivity index (χ1) is 12.8. The monoisotopic (exact) mass is 367 g/mol. The molecule has 1 aliphatic rings. The standard InChI is InChI=1S/C20H17NO4S/c22-20(8-6-15-5-7-18-19(11-15)25-14-24-18)21(12-16-3-1-9-23-16)13-17-4-2-10-26-17/h1-11H,12-14H2/b8-6+. The van der Waals surface area contributed by atoms with Crippen LogP contribution in [0.15, 0.2) is 64.6 Å². The first kappa shape index (κ1) is 16.5. The predicted molar refractivity (Wildman–Crippen MR) is 98.9 cm³/mol. The maximum absolute atomic E-state index is 12.7. The molecule has 4 rings (SSSR count). The van der Waals surface area contributed by atoms with Gasteiger partial charge in [-0.05, 0) is 47.4 Å². The summed E-state index contributed by atoms with van der Waals surface area (Å²) in [5.74, 6) is 2.11. The fourth-order valence-corrected chi connectivity index (χ4v) is 3.40. The molecule has 1 aromatic carbocycles. The maximum Gasteiger partial charge on any atom is 0.247 e. The minimum absolute atomic E-state index is 0.0764. The zero-order valence-electron chi connectivity index (χ0n) is 14.0. The van der Waals surface area contributed by atoms with E-state index in [-0.39, 0.29) is 12.7 Å². The van der Waals surface area contributed by atoms with Crippen molar-refractivity contribution in [2.75, 3.05) is 6.79 Å². The number of benzene rings is 1. The summed E-state index contributed by atoms with van der Waals surface area (Å²) in [6, 6.07) is 13.3. The molecule has 26 heavy (non-hydrogen) atoms. The second-order valence-electron chi connectivity index (χ2n) is 5.80. The minimum Gasteiger partial charge on any atom is -0.467 e. The first-order valence-electron chi connectivity index (χ1n) is 8.19. The molecular formula is C20H17NO4S. The van der Waals surface area contributed by atoms with Crippen LogP contribution in [-0.4, -0.2) is 17.6 Å². The van der Waals surface area contributed by atoms with E-state index < -0.39 is 0 Å². The molecular weight excluding hydrogens is 350 g/mol. The molecule has 2 aromatic heterocycles. The molecule has 0 atom stereocenters. The van der Waals surface area contributed by atoms with Crippen molar-refractivity contribution in [3.05, 3.63) is 76.4 Å². The summed E-state index contributed by atoms with van der Waals surface area (Å²) in [7, 11) is 0. The van der Waals surface area contributed by atoms with Crippen LogP contribution in [-0.2, 0) is 17.9 Å². The Morgan fingerprint density at radius 2 is 2.04 bits per heavy atom. The van der Waals surface area contributed by atoms with Crippen LogP contribution in [0, 0.1) is 0 Å². The number of carbonyl (C=O) groups excluding carboxylic acids is 1. The van der Waals surface area contributed by atoms with Gasteiger partial charge in [0, 0.05) is 11.0 Å². The summed E-state index contributed by atoms with van der Waals surface area (Å²) in [5, 5.41) is 2.01. The lowest BCUT2D eigenvalue weighted by Gasteiger charge is -2.19. The van der Waals surface area contributed by atoms with Gasteiger partial charge in [0.05, 0.1) is 19.4 Å². The Labute approximate surface area is 155 Å². The highest BCUT2D eigenvalue weighted by molar-refractivity contribution is 7.09. The number of rotatable bonds is 6. The lowest BCUT2D eigenvalue weighted by atomic mass is 10.2. The van der Waals surface area contributed by atoms with E-state index in [0.29, 0.717) is 18.8 Å². The number of nitrogens with zero attached hydrogens (tertiary/aromatic N) is 1. The zero-order valence-corrected chi connectivity index (χ0v) is 14.8. The Balaban J connectivity index is 1.49. The topological polar surface area (TPSA) is 51.9 Å². The molecule has 0 fully saturated rings. The Morgan fingerprint density at radius 3 is 2.85 bits per heavy atom. The highest BCUT2D eigenvalue weighted by atomic mass is 32.1.